The number of thiophene rings is 1. The van der Waals surface area contributed by atoms with Gasteiger partial charge in [-0.2, -0.15) is 0 Å². The number of amides is 1. The number of fused-ring (bicyclic) bond motifs is 1. The van der Waals surface area contributed by atoms with Gasteiger partial charge < -0.3 is 14.4 Å². The van der Waals surface area contributed by atoms with Gasteiger partial charge in [-0.05, 0) is 36.5 Å². The van der Waals surface area contributed by atoms with E-state index in [0.29, 0.717) is 27.6 Å². The fraction of sp³-hybridized carbons (Fsp3) is 0.409. The quantitative estimate of drug-likeness (QED) is 0.624. The molecule has 0 radical (unpaired) electrons. The van der Waals surface area contributed by atoms with Crippen LogP contribution < -0.4 is 15.0 Å². The first-order chi connectivity index (χ1) is 14.5. The predicted molar refractivity (Wildman–Crippen MR) is 117 cm³/mol. The SMILES string of the molecule is COc1ccc(-c2csc3ncn(CC(=O)N4CCC(C)CC4)c(=O)c23)cc1OC. The molecule has 1 aromatic carbocycles. The molecule has 3 heterocycles. The Kier molecular flexibility index (Phi) is 5.76. The van der Waals surface area contributed by atoms with Gasteiger partial charge in [-0.1, -0.05) is 13.0 Å². The molecule has 1 fully saturated rings. The Morgan fingerprint density at radius 1 is 1.20 bits per heavy atom. The lowest BCUT2D eigenvalue weighted by Gasteiger charge is -2.30. The number of piperidine rings is 1. The Balaban J connectivity index is 1.68. The van der Waals surface area contributed by atoms with Crippen molar-refractivity contribution >= 4 is 27.5 Å². The topological polar surface area (TPSA) is 73.7 Å². The van der Waals surface area contributed by atoms with E-state index >= 15 is 0 Å². The molecule has 4 rings (SSSR count). The lowest BCUT2D eigenvalue weighted by atomic mass is 9.99. The summed E-state index contributed by atoms with van der Waals surface area (Å²) in [5.74, 6) is 1.82. The van der Waals surface area contributed by atoms with Gasteiger partial charge >= 0.3 is 0 Å². The van der Waals surface area contributed by atoms with Crippen LogP contribution in [0.3, 0.4) is 0 Å². The minimum Gasteiger partial charge on any atom is -0.493 e. The van der Waals surface area contributed by atoms with E-state index < -0.39 is 0 Å². The standard InChI is InChI=1S/C22H25N3O4S/c1-14-6-8-24(9-7-14)19(26)11-25-13-23-21-20(22(25)27)16(12-30-21)15-4-5-17(28-2)18(10-15)29-3/h4-5,10,12-14H,6-9,11H2,1-3H3. The summed E-state index contributed by atoms with van der Waals surface area (Å²) in [5.41, 5.74) is 1.42. The number of carbonyl (C=O) groups is 1. The molecule has 0 spiro atoms. The van der Waals surface area contributed by atoms with Crippen molar-refractivity contribution in [3.05, 3.63) is 40.3 Å². The lowest BCUT2D eigenvalue weighted by molar-refractivity contribution is -0.133. The molecular weight excluding hydrogens is 402 g/mol. The van der Waals surface area contributed by atoms with Crippen LogP contribution in [0.4, 0.5) is 0 Å². The second-order valence-electron chi connectivity index (χ2n) is 7.64. The molecule has 0 bridgehead atoms. The highest BCUT2D eigenvalue weighted by Crippen LogP contribution is 2.36. The summed E-state index contributed by atoms with van der Waals surface area (Å²) in [4.78, 5) is 32.9. The van der Waals surface area contributed by atoms with Gasteiger partial charge in [0.1, 0.15) is 11.4 Å². The first-order valence-corrected chi connectivity index (χ1v) is 10.9. The zero-order valence-electron chi connectivity index (χ0n) is 17.4. The number of aromatic nitrogens is 2. The third-order valence-corrected chi connectivity index (χ3v) is 6.58. The number of nitrogens with zero attached hydrogens (tertiary/aromatic N) is 3. The van der Waals surface area contributed by atoms with Gasteiger partial charge in [-0.25, -0.2) is 4.98 Å². The Hall–Kier alpha value is -2.87. The van der Waals surface area contributed by atoms with Gasteiger partial charge in [-0.15, -0.1) is 11.3 Å². The minimum absolute atomic E-state index is 0.0113. The van der Waals surface area contributed by atoms with Gasteiger partial charge in [0.25, 0.3) is 5.56 Å². The molecule has 1 amide bonds. The molecule has 0 N–H and O–H groups in total. The van der Waals surface area contributed by atoms with E-state index in [1.165, 1.54) is 22.2 Å². The zero-order valence-corrected chi connectivity index (χ0v) is 18.2. The predicted octanol–water partition coefficient (Wildman–Crippen LogP) is 3.40. The van der Waals surface area contributed by atoms with Crippen molar-refractivity contribution in [3.63, 3.8) is 0 Å². The van der Waals surface area contributed by atoms with Crippen LogP contribution in [0.1, 0.15) is 19.8 Å². The van der Waals surface area contributed by atoms with Gasteiger partial charge in [0.15, 0.2) is 11.5 Å². The second-order valence-corrected chi connectivity index (χ2v) is 8.50. The molecule has 158 valence electrons. The van der Waals surface area contributed by atoms with Crippen molar-refractivity contribution in [1.29, 1.82) is 0 Å². The van der Waals surface area contributed by atoms with Crippen LogP contribution in [0.5, 0.6) is 11.5 Å². The molecule has 0 aliphatic carbocycles. The minimum atomic E-state index is -0.204. The van der Waals surface area contributed by atoms with Crippen molar-refractivity contribution in [2.24, 2.45) is 5.92 Å². The number of likely N-dealkylation sites (tertiary alicyclic amines) is 1. The van der Waals surface area contributed by atoms with Crippen LogP contribution in [-0.2, 0) is 11.3 Å². The number of ether oxygens (including phenoxy) is 2. The van der Waals surface area contributed by atoms with Crippen LogP contribution in [0.2, 0.25) is 0 Å². The Bertz CT molecular complexity index is 1130. The lowest BCUT2D eigenvalue weighted by Crippen LogP contribution is -2.41. The Morgan fingerprint density at radius 3 is 2.63 bits per heavy atom. The van der Waals surface area contributed by atoms with Crippen molar-refractivity contribution in [1.82, 2.24) is 14.5 Å². The highest BCUT2D eigenvalue weighted by atomic mass is 32.1. The maximum atomic E-state index is 13.2. The van der Waals surface area contributed by atoms with Crippen LogP contribution in [0.15, 0.2) is 34.7 Å². The third-order valence-electron chi connectivity index (χ3n) is 5.70. The van der Waals surface area contributed by atoms with E-state index in [1.807, 2.05) is 28.5 Å². The molecule has 1 aliphatic heterocycles. The average molecular weight is 428 g/mol. The number of carbonyl (C=O) groups excluding carboxylic acids is 1. The Morgan fingerprint density at radius 2 is 1.93 bits per heavy atom. The monoisotopic (exact) mass is 427 g/mol. The number of rotatable bonds is 5. The maximum Gasteiger partial charge on any atom is 0.263 e. The smallest absolute Gasteiger partial charge is 0.263 e. The molecule has 7 nitrogen and oxygen atoms in total. The van der Waals surface area contributed by atoms with E-state index in [0.717, 1.165) is 37.1 Å². The molecule has 1 saturated heterocycles. The van der Waals surface area contributed by atoms with Crippen molar-refractivity contribution in [2.45, 2.75) is 26.3 Å². The van der Waals surface area contributed by atoms with E-state index in [1.54, 1.807) is 14.2 Å². The molecule has 30 heavy (non-hydrogen) atoms. The summed E-state index contributed by atoms with van der Waals surface area (Å²) in [7, 11) is 3.16. The Labute approximate surface area is 178 Å². The van der Waals surface area contributed by atoms with Gasteiger partial charge in [0.05, 0.1) is 25.9 Å². The molecule has 2 aromatic heterocycles. The summed E-state index contributed by atoms with van der Waals surface area (Å²) in [6.07, 6.45) is 3.49. The van der Waals surface area contributed by atoms with Crippen molar-refractivity contribution in [2.75, 3.05) is 27.3 Å². The highest BCUT2D eigenvalue weighted by Gasteiger charge is 2.22. The van der Waals surface area contributed by atoms with E-state index in [4.69, 9.17) is 9.47 Å². The number of methoxy groups -OCH3 is 2. The normalized spacial score (nSPS) is 14.8. The summed E-state index contributed by atoms with van der Waals surface area (Å²) < 4.78 is 12.1. The van der Waals surface area contributed by atoms with Crippen LogP contribution in [0.25, 0.3) is 21.3 Å². The molecule has 0 atom stereocenters. The fourth-order valence-electron chi connectivity index (χ4n) is 3.80. The molecule has 1 aliphatic rings. The summed E-state index contributed by atoms with van der Waals surface area (Å²) in [6, 6.07) is 5.55. The van der Waals surface area contributed by atoms with Gasteiger partial charge in [0.2, 0.25) is 5.91 Å². The fourth-order valence-corrected chi connectivity index (χ4v) is 4.71. The van der Waals surface area contributed by atoms with E-state index in [-0.39, 0.29) is 18.0 Å². The first kappa shape index (κ1) is 20.4. The second kappa shape index (κ2) is 8.47. The number of benzene rings is 1. The average Bonchev–Trinajstić information content (AvgIpc) is 3.20. The zero-order chi connectivity index (χ0) is 21.3. The summed E-state index contributed by atoms with van der Waals surface area (Å²) in [6.45, 7) is 3.72. The molecule has 0 saturated carbocycles. The molecule has 8 heteroatoms. The highest BCUT2D eigenvalue weighted by molar-refractivity contribution is 7.17. The van der Waals surface area contributed by atoms with Crippen LogP contribution in [-0.4, -0.2) is 47.7 Å². The largest absolute Gasteiger partial charge is 0.493 e. The van der Waals surface area contributed by atoms with E-state index in [9.17, 15) is 9.59 Å². The summed E-state index contributed by atoms with van der Waals surface area (Å²) in [5, 5.41) is 2.44. The van der Waals surface area contributed by atoms with E-state index in [2.05, 4.69) is 11.9 Å². The first-order valence-electron chi connectivity index (χ1n) is 9.98. The van der Waals surface area contributed by atoms with Gasteiger partial charge in [-0.3, -0.25) is 14.2 Å². The maximum absolute atomic E-state index is 13.2. The van der Waals surface area contributed by atoms with Crippen LogP contribution >= 0.6 is 11.3 Å². The van der Waals surface area contributed by atoms with Gasteiger partial charge in [0, 0.05) is 24.0 Å². The molecule has 3 aromatic rings. The number of hydrogen-bond donors (Lipinski definition) is 0. The third kappa shape index (κ3) is 3.79. The number of hydrogen-bond acceptors (Lipinski definition) is 6. The molecular formula is C22H25N3O4S. The van der Waals surface area contributed by atoms with Crippen molar-refractivity contribution < 1.29 is 14.3 Å². The molecule has 0 unspecified atom stereocenters. The van der Waals surface area contributed by atoms with Crippen LogP contribution in [0, 0.1) is 5.92 Å². The van der Waals surface area contributed by atoms with Crippen molar-refractivity contribution in [3.8, 4) is 22.6 Å². The summed E-state index contributed by atoms with van der Waals surface area (Å²) >= 11 is 1.41.